The highest BCUT2D eigenvalue weighted by Crippen LogP contribution is 2.32. The Morgan fingerprint density at radius 2 is 1.84 bits per heavy atom. The van der Waals surface area contributed by atoms with E-state index in [-0.39, 0.29) is 22.9 Å². The van der Waals surface area contributed by atoms with E-state index in [9.17, 15) is 13.2 Å². The van der Waals surface area contributed by atoms with Crippen LogP contribution in [0.15, 0.2) is 75.9 Å². The lowest BCUT2D eigenvalue weighted by molar-refractivity contribution is 0.102. The number of carbonyl (C=O) groups is 1. The van der Waals surface area contributed by atoms with E-state index in [0.717, 1.165) is 0 Å². The van der Waals surface area contributed by atoms with E-state index in [1.165, 1.54) is 11.3 Å². The monoisotopic (exact) mass is 469 g/mol. The van der Waals surface area contributed by atoms with Gasteiger partial charge in [0.25, 0.3) is 11.8 Å². The van der Waals surface area contributed by atoms with Crippen LogP contribution in [0.5, 0.6) is 5.75 Å². The van der Waals surface area contributed by atoms with E-state index in [1.807, 2.05) is 5.38 Å². The molecule has 32 heavy (non-hydrogen) atoms. The summed E-state index contributed by atoms with van der Waals surface area (Å²) in [5, 5.41) is 10.3. The SMILES string of the molecule is COc1ccc(NC(=O)c2c(-c3ccsc3)noc2NS(=O)(=O)Cc2ccccc2)cc1. The van der Waals surface area contributed by atoms with E-state index in [0.29, 0.717) is 22.6 Å². The third-order valence-corrected chi connectivity index (χ3v) is 6.40. The van der Waals surface area contributed by atoms with Gasteiger partial charge in [-0.2, -0.15) is 11.3 Å². The van der Waals surface area contributed by atoms with E-state index in [1.54, 1.807) is 73.2 Å². The van der Waals surface area contributed by atoms with Crippen LogP contribution in [-0.4, -0.2) is 26.6 Å². The molecule has 0 atom stereocenters. The molecule has 0 unspecified atom stereocenters. The molecular formula is C22H19N3O5S2. The molecule has 0 fully saturated rings. The highest BCUT2D eigenvalue weighted by molar-refractivity contribution is 7.91. The first-order valence-corrected chi connectivity index (χ1v) is 12.1. The number of ether oxygens (including phenoxy) is 1. The van der Waals surface area contributed by atoms with Gasteiger partial charge in [0, 0.05) is 16.6 Å². The lowest BCUT2D eigenvalue weighted by Crippen LogP contribution is -2.19. The third-order valence-electron chi connectivity index (χ3n) is 4.51. The minimum atomic E-state index is -3.86. The molecule has 1 amide bonds. The van der Waals surface area contributed by atoms with Crippen molar-refractivity contribution >= 4 is 38.8 Å². The summed E-state index contributed by atoms with van der Waals surface area (Å²) in [6.45, 7) is 0. The first-order chi connectivity index (χ1) is 15.4. The first kappa shape index (κ1) is 21.6. The molecule has 164 valence electrons. The molecule has 0 saturated heterocycles. The average Bonchev–Trinajstić information content (AvgIpc) is 3.44. The minimum Gasteiger partial charge on any atom is -0.497 e. The summed E-state index contributed by atoms with van der Waals surface area (Å²) in [5.41, 5.74) is 1.99. The summed E-state index contributed by atoms with van der Waals surface area (Å²) in [5.74, 6) is -0.438. The van der Waals surface area contributed by atoms with Crippen molar-refractivity contribution in [2.24, 2.45) is 0 Å². The molecule has 10 heteroatoms. The van der Waals surface area contributed by atoms with Crippen molar-refractivity contribution in [1.29, 1.82) is 0 Å². The van der Waals surface area contributed by atoms with Crippen molar-refractivity contribution in [2.75, 3.05) is 17.1 Å². The molecule has 0 aliphatic rings. The fourth-order valence-electron chi connectivity index (χ4n) is 3.01. The summed E-state index contributed by atoms with van der Waals surface area (Å²) in [4.78, 5) is 13.1. The van der Waals surface area contributed by atoms with Crippen LogP contribution in [0.1, 0.15) is 15.9 Å². The molecule has 4 rings (SSSR count). The lowest BCUT2D eigenvalue weighted by atomic mass is 10.1. The van der Waals surface area contributed by atoms with Gasteiger partial charge < -0.3 is 14.6 Å². The molecule has 0 radical (unpaired) electrons. The minimum absolute atomic E-state index is 0.00384. The van der Waals surface area contributed by atoms with Gasteiger partial charge >= 0.3 is 0 Å². The number of carbonyl (C=O) groups excluding carboxylic acids is 1. The van der Waals surface area contributed by atoms with Crippen LogP contribution in [0.2, 0.25) is 0 Å². The normalized spacial score (nSPS) is 11.2. The molecule has 0 aliphatic heterocycles. The molecule has 0 saturated carbocycles. The molecular weight excluding hydrogens is 450 g/mol. The number of sulfonamides is 1. The Morgan fingerprint density at radius 1 is 1.09 bits per heavy atom. The van der Waals surface area contributed by atoms with Crippen LogP contribution in [0, 0.1) is 0 Å². The Labute approximate surface area is 188 Å². The summed E-state index contributed by atoms with van der Waals surface area (Å²) >= 11 is 1.42. The van der Waals surface area contributed by atoms with Crippen LogP contribution >= 0.6 is 11.3 Å². The molecule has 2 heterocycles. The average molecular weight is 470 g/mol. The summed E-state index contributed by atoms with van der Waals surface area (Å²) in [6.07, 6.45) is 0. The number of anilines is 2. The summed E-state index contributed by atoms with van der Waals surface area (Å²) in [7, 11) is -2.31. The number of rotatable bonds is 8. The second kappa shape index (κ2) is 9.25. The highest BCUT2D eigenvalue weighted by atomic mass is 32.2. The Morgan fingerprint density at radius 3 is 2.50 bits per heavy atom. The van der Waals surface area contributed by atoms with Crippen LogP contribution < -0.4 is 14.8 Å². The van der Waals surface area contributed by atoms with Gasteiger partial charge in [0.1, 0.15) is 17.0 Å². The predicted octanol–water partition coefficient (Wildman–Crippen LogP) is 4.61. The molecule has 2 N–H and O–H groups in total. The summed E-state index contributed by atoms with van der Waals surface area (Å²) in [6, 6.07) is 17.2. The Bertz CT molecular complexity index is 1300. The van der Waals surface area contributed by atoms with E-state index < -0.39 is 15.9 Å². The van der Waals surface area contributed by atoms with Gasteiger partial charge in [-0.1, -0.05) is 35.5 Å². The number of hydrogen-bond acceptors (Lipinski definition) is 7. The fourth-order valence-corrected chi connectivity index (χ4v) is 4.77. The topological polar surface area (TPSA) is 111 Å². The molecule has 0 bridgehead atoms. The number of nitrogens with one attached hydrogen (secondary N) is 2. The van der Waals surface area contributed by atoms with Crippen molar-refractivity contribution in [3.63, 3.8) is 0 Å². The third kappa shape index (κ3) is 4.98. The lowest BCUT2D eigenvalue weighted by Gasteiger charge is -2.09. The Kier molecular flexibility index (Phi) is 6.24. The molecule has 2 aromatic carbocycles. The fraction of sp³-hybridized carbons (Fsp3) is 0.0909. The van der Waals surface area contributed by atoms with Crippen molar-refractivity contribution in [2.45, 2.75) is 5.75 Å². The Balaban J connectivity index is 1.64. The number of amides is 1. The number of methoxy groups -OCH3 is 1. The second-order valence-corrected chi connectivity index (χ2v) is 9.28. The van der Waals surface area contributed by atoms with Crippen LogP contribution in [0.4, 0.5) is 11.6 Å². The number of hydrogen-bond donors (Lipinski definition) is 2. The van der Waals surface area contributed by atoms with Gasteiger partial charge in [-0.3, -0.25) is 4.79 Å². The standard InChI is InChI=1S/C22H19N3O5S2/c1-29-18-9-7-17(8-10-18)23-21(26)19-20(16-11-12-31-13-16)24-30-22(19)25-32(27,28)14-15-5-3-2-4-6-15/h2-13,25H,14H2,1H3,(H,23,26). The molecule has 4 aromatic rings. The number of aromatic nitrogens is 1. The second-order valence-electron chi connectivity index (χ2n) is 6.78. The number of nitrogens with zero attached hydrogens (tertiary/aromatic N) is 1. The van der Waals surface area contributed by atoms with E-state index in [4.69, 9.17) is 9.26 Å². The molecule has 2 aromatic heterocycles. The van der Waals surface area contributed by atoms with Gasteiger partial charge in [-0.05, 0) is 41.3 Å². The first-order valence-electron chi connectivity index (χ1n) is 9.47. The maximum Gasteiger partial charge on any atom is 0.263 e. The number of benzene rings is 2. The summed E-state index contributed by atoms with van der Waals surface area (Å²) < 4.78 is 38.2. The Hall–Kier alpha value is -3.63. The highest BCUT2D eigenvalue weighted by Gasteiger charge is 2.27. The molecule has 0 aliphatic carbocycles. The molecule has 0 spiro atoms. The van der Waals surface area contributed by atoms with Gasteiger partial charge in [-0.25, -0.2) is 13.1 Å². The van der Waals surface area contributed by atoms with Gasteiger partial charge in [0.2, 0.25) is 10.0 Å². The van der Waals surface area contributed by atoms with E-state index in [2.05, 4.69) is 15.2 Å². The van der Waals surface area contributed by atoms with Crippen LogP contribution in [0.3, 0.4) is 0 Å². The molecule has 8 nitrogen and oxygen atoms in total. The maximum atomic E-state index is 13.1. The van der Waals surface area contributed by atoms with Crippen molar-refractivity contribution in [3.05, 3.63) is 82.6 Å². The van der Waals surface area contributed by atoms with Gasteiger partial charge in [-0.15, -0.1) is 0 Å². The number of thiophene rings is 1. The van der Waals surface area contributed by atoms with Gasteiger partial charge in [0.05, 0.1) is 12.9 Å². The van der Waals surface area contributed by atoms with E-state index >= 15 is 0 Å². The maximum absolute atomic E-state index is 13.1. The zero-order chi connectivity index (χ0) is 22.6. The van der Waals surface area contributed by atoms with Crippen molar-refractivity contribution in [1.82, 2.24) is 5.16 Å². The zero-order valence-electron chi connectivity index (χ0n) is 16.9. The van der Waals surface area contributed by atoms with Gasteiger partial charge in [0.15, 0.2) is 0 Å². The van der Waals surface area contributed by atoms with Crippen molar-refractivity contribution in [3.8, 4) is 17.0 Å². The van der Waals surface area contributed by atoms with Crippen molar-refractivity contribution < 1.29 is 22.5 Å². The van der Waals surface area contributed by atoms with Crippen LogP contribution in [0.25, 0.3) is 11.3 Å². The quantitative estimate of drug-likeness (QED) is 0.390. The predicted molar refractivity (Wildman–Crippen MR) is 123 cm³/mol. The van der Waals surface area contributed by atoms with Crippen LogP contribution in [-0.2, 0) is 15.8 Å². The zero-order valence-corrected chi connectivity index (χ0v) is 18.6. The largest absolute Gasteiger partial charge is 0.497 e. The smallest absolute Gasteiger partial charge is 0.263 e.